The topological polar surface area (TPSA) is 35.5 Å². The normalized spacial score (nSPS) is 19.9. The number of nitrogens with one attached hydrogen (secondary N) is 1. The Labute approximate surface area is 110 Å². The summed E-state index contributed by atoms with van der Waals surface area (Å²) in [6.45, 7) is 2.96. The fourth-order valence-electron chi connectivity index (χ4n) is 2.67. The molecule has 0 aliphatic carbocycles. The summed E-state index contributed by atoms with van der Waals surface area (Å²) in [5, 5.41) is 13.0. The fraction of sp³-hybridized carbons (Fsp3) is 0.600. The third kappa shape index (κ3) is 3.31. The van der Waals surface area contributed by atoms with Crippen molar-refractivity contribution in [2.24, 2.45) is 0 Å². The molecule has 18 heavy (non-hydrogen) atoms. The zero-order chi connectivity index (χ0) is 13.0. The molecular weight excluding hydrogens is 224 g/mol. The zero-order valence-electron chi connectivity index (χ0n) is 11.4. The Kier molecular flexibility index (Phi) is 4.75. The summed E-state index contributed by atoms with van der Waals surface area (Å²) in [5.41, 5.74) is 2.41. The molecule has 2 rings (SSSR count). The van der Waals surface area contributed by atoms with Crippen LogP contribution in [-0.4, -0.2) is 43.7 Å². The van der Waals surface area contributed by atoms with E-state index < -0.39 is 6.10 Å². The van der Waals surface area contributed by atoms with E-state index >= 15 is 0 Å². The van der Waals surface area contributed by atoms with Crippen LogP contribution < -0.4 is 5.32 Å². The third-order valence-corrected chi connectivity index (χ3v) is 3.88. The molecule has 1 fully saturated rings. The number of rotatable bonds is 4. The lowest BCUT2D eigenvalue weighted by Gasteiger charge is -2.29. The summed E-state index contributed by atoms with van der Waals surface area (Å²) in [4.78, 5) is 2.39. The van der Waals surface area contributed by atoms with Crippen LogP contribution in [0.2, 0.25) is 0 Å². The van der Waals surface area contributed by atoms with Crippen molar-refractivity contribution >= 4 is 0 Å². The fourth-order valence-corrected chi connectivity index (χ4v) is 2.67. The molecule has 1 aliphatic heterocycles. The molecule has 0 bridgehead atoms. The van der Waals surface area contributed by atoms with Crippen molar-refractivity contribution < 1.29 is 5.11 Å². The molecule has 0 radical (unpaired) electrons. The number of nitrogens with zero attached hydrogens (tertiary/aromatic N) is 1. The van der Waals surface area contributed by atoms with Crippen LogP contribution in [0.15, 0.2) is 24.3 Å². The Bertz CT molecular complexity index is 373. The summed E-state index contributed by atoms with van der Waals surface area (Å²) in [5.74, 6) is 0.655. The SMILES string of the molecule is CNCC(O)c1cccc(C2CCN(C)CC2)c1. The Morgan fingerprint density at radius 1 is 1.39 bits per heavy atom. The van der Waals surface area contributed by atoms with Crippen LogP contribution in [0.25, 0.3) is 0 Å². The molecule has 0 spiro atoms. The molecule has 1 unspecified atom stereocenters. The lowest BCUT2D eigenvalue weighted by atomic mass is 9.88. The summed E-state index contributed by atoms with van der Waals surface area (Å²) in [6.07, 6.45) is 2.05. The van der Waals surface area contributed by atoms with Crippen LogP contribution in [0, 0.1) is 0 Å². The largest absolute Gasteiger partial charge is 0.387 e. The lowest BCUT2D eigenvalue weighted by molar-refractivity contribution is 0.177. The van der Waals surface area contributed by atoms with Gasteiger partial charge in [-0.3, -0.25) is 0 Å². The third-order valence-electron chi connectivity index (χ3n) is 3.88. The summed E-state index contributed by atoms with van der Waals surface area (Å²) in [6, 6.07) is 8.46. The number of hydrogen-bond acceptors (Lipinski definition) is 3. The van der Waals surface area contributed by atoms with Gasteiger partial charge in [-0.05, 0) is 57.1 Å². The Hall–Kier alpha value is -0.900. The van der Waals surface area contributed by atoms with Crippen molar-refractivity contribution in [2.45, 2.75) is 24.9 Å². The van der Waals surface area contributed by atoms with Crippen LogP contribution in [-0.2, 0) is 0 Å². The molecule has 1 saturated heterocycles. The monoisotopic (exact) mass is 248 g/mol. The van der Waals surface area contributed by atoms with Crippen molar-refractivity contribution in [3.63, 3.8) is 0 Å². The quantitative estimate of drug-likeness (QED) is 0.852. The Morgan fingerprint density at radius 3 is 2.78 bits per heavy atom. The predicted octanol–water partition coefficient (Wildman–Crippen LogP) is 1.75. The number of aliphatic hydroxyl groups excluding tert-OH is 1. The van der Waals surface area contributed by atoms with Gasteiger partial charge in [-0.1, -0.05) is 24.3 Å². The Morgan fingerprint density at radius 2 is 2.11 bits per heavy atom. The minimum Gasteiger partial charge on any atom is -0.387 e. The van der Waals surface area contributed by atoms with Crippen LogP contribution in [0.4, 0.5) is 0 Å². The van der Waals surface area contributed by atoms with E-state index in [9.17, 15) is 5.11 Å². The van der Waals surface area contributed by atoms with Gasteiger partial charge >= 0.3 is 0 Å². The maximum atomic E-state index is 10.0. The van der Waals surface area contributed by atoms with Gasteiger partial charge in [-0.2, -0.15) is 0 Å². The minimum atomic E-state index is -0.402. The van der Waals surface area contributed by atoms with E-state index in [0.717, 1.165) is 5.56 Å². The zero-order valence-corrected chi connectivity index (χ0v) is 11.4. The molecule has 1 aromatic rings. The molecule has 3 nitrogen and oxygen atoms in total. The van der Waals surface area contributed by atoms with Gasteiger partial charge in [-0.15, -0.1) is 0 Å². The number of likely N-dealkylation sites (N-methyl/N-ethyl adjacent to an activating group) is 1. The molecule has 0 amide bonds. The highest BCUT2D eigenvalue weighted by Crippen LogP contribution is 2.29. The highest BCUT2D eigenvalue weighted by Gasteiger charge is 2.19. The maximum Gasteiger partial charge on any atom is 0.0914 e. The molecule has 2 N–H and O–H groups in total. The summed E-state index contributed by atoms with van der Waals surface area (Å²) < 4.78 is 0. The van der Waals surface area contributed by atoms with Crippen molar-refractivity contribution in [3.05, 3.63) is 35.4 Å². The van der Waals surface area contributed by atoms with E-state index in [1.807, 2.05) is 13.1 Å². The molecule has 1 atom stereocenters. The molecule has 1 aromatic carbocycles. The molecule has 0 saturated carbocycles. The molecule has 100 valence electrons. The van der Waals surface area contributed by atoms with Gasteiger partial charge in [-0.25, -0.2) is 0 Å². The number of likely N-dealkylation sites (tertiary alicyclic amines) is 1. The smallest absolute Gasteiger partial charge is 0.0914 e. The number of hydrogen-bond donors (Lipinski definition) is 2. The second-order valence-electron chi connectivity index (χ2n) is 5.32. The van der Waals surface area contributed by atoms with Crippen molar-refractivity contribution in [1.29, 1.82) is 0 Å². The minimum absolute atomic E-state index is 0.402. The predicted molar refractivity (Wildman–Crippen MR) is 74.8 cm³/mol. The first-order valence-corrected chi connectivity index (χ1v) is 6.81. The highest BCUT2D eigenvalue weighted by molar-refractivity contribution is 5.28. The van der Waals surface area contributed by atoms with Gasteiger partial charge in [0.1, 0.15) is 0 Å². The van der Waals surface area contributed by atoms with Crippen LogP contribution >= 0.6 is 0 Å². The van der Waals surface area contributed by atoms with Crippen molar-refractivity contribution in [1.82, 2.24) is 10.2 Å². The first-order valence-electron chi connectivity index (χ1n) is 6.81. The molecule has 1 aliphatic rings. The van der Waals surface area contributed by atoms with E-state index in [-0.39, 0.29) is 0 Å². The van der Waals surface area contributed by atoms with Gasteiger partial charge in [0.15, 0.2) is 0 Å². The van der Waals surface area contributed by atoms with Gasteiger partial charge in [0.2, 0.25) is 0 Å². The second kappa shape index (κ2) is 6.32. The summed E-state index contributed by atoms with van der Waals surface area (Å²) in [7, 11) is 4.05. The molecule has 1 heterocycles. The van der Waals surface area contributed by atoms with Gasteiger partial charge < -0.3 is 15.3 Å². The van der Waals surface area contributed by atoms with E-state index in [4.69, 9.17) is 0 Å². The van der Waals surface area contributed by atoms with Crippen molar-refractivity contribution in [2.75, 3.05) is 33.7 Å². The van der Waals surface area contributed by atoms with E-state index in [1.54, 1.807) is 0 Å². The van der Waals surface area contributed by atoms with E-state index in [1.165, 1.54) is 31.5 Å². The molecular formula is C15H24N2O. The molecule has 3 heteroatoms. The average Bonchev–Trinajstić information content (AvgIpc) is 2.40. The van der Waals surface area contributed by atoms with Gasteiger partial charge in [0.05, 0.1) is 6.10 Å². The highest BCUT2D eigenvalue weighted by atomic mass is 16.3. The number of aliphatic hydroxyl groups is 1. The number of piperidine rings is 1. The second-order valence-corrected chi connectivity index (χ2v) is 5.32. The first kappa shape index (κ1) is 13.5. The average molecular weight is 248 g/mol. The van der Waals surface area contributed by atoms with Crippen LogP contribution in [0.3, 0.4) is 0 Å². The summed E-state index contributed by atoms with van der Waals surface area (Å²) >= 11 is 0. The van der Waals surface area contributed by atoms with Gasteiger partial charge in [0, 0.05) is 6.54 Å². The molecule has 0 aromatic heterocycles. The van der Waals surface area contributed by atoms with E-state index in [0.29, 0.717) is 12.5 Å². The number of benzene rings is 1. The van der Waals surface area contributed by atoms with Gasteiger partial charge in [0.25, 0.3) is 0 Å². The maximum absolute atomic E-state index is 10.0. The van der Waals surface area contributed by atoms with Crippen LogP contribution in [0.5, 0.6) is 0 Å². The van der Waals surface area contributed by atoms with Crippen LogP contribution in [0.1, 0.15) is 36.0 Å². The standard InChI is InChI=1S/C15H24N2O/c1-16-11-15(18)14-5-3-4-13(10-14)12-6-8-17(2)9-7-12/h3-5,10,12,15-16,18H,6-9,11H2,1-2H3. The first-order chi connectivity index (χ1) is 8.70. The van der Waals surface area contributed by atoms with Crippen molar-refractivity contribution in [3.8, 4) is 0 Å². The Balaban J connectivity index is 2.07. The van der Waals surface area contributed by atoms with E-state index in [2.05, 4.69) is 35.5 Å². The lowest BCUT2D eigenvalue weighted by Crippen LogP contribution is -2.29.